The number of fused-ring (bicyclic) bond motifs is 1. The van der Waals surface area contributed by atoms with Crippen molar-refractivity contribution in [2.75, 3.05) is 18.1 Å². The van der Waals surface area contributed by atoms with Crippen LogP contribution < -0.4 is 15.0 Å². The number of para-hydroxylation sites is 1. The van der Waals surface area contributed by atoms with Crippen molar-refractivity contribution >= 4 is 35.3 Å². The van der Waals surface area contributed by atoms with Gasteiger partial charge >= 0.3 is 0 Å². The molecule has 2 amide bonds. The number of thioether (sulfide) groups is 1. The summed E-state index contributed by atoms with van der Waals surface area (Å²) in [6.45, 7) is 5.70. The van der Waals surface area contributed by atoms with Crippen LogP contribution in [0.1, 0.15) is 39.5 Å². The first-order valence-electron chi connectivity index (χ1n) is 13.5. The van der Waals surface area contributed by atoms with Gasteiger partial charge in [0.15, 0.2) is 0 Å². The van der Waals surface area contributed by atoms with Gasteiger partial charge in [0.25, 0.3) is 11.8 Å². The van der Waals surface area contributed by atoms with E-state index in [0.29, 0.717) is 30.2 Å². The van der Waals surface area contributed by atoms with Gasteiger partial charge in [0, 0.05) is 17.0 Å². The lowest BCUT2D eigenvalue weighted by Gasteiger charge is -2.30. The fourth-order valence-electron chi connectivity index (χ4n) is 4.64. The Morgan fingerprint density at radius 3 is 2.45 bits per heavy atom. The van der Waals surface area contributed by atoms with E-state index < -0.39 is 0 Å². The first kappa shape index (κ1) is 27.3. The number of ether oxygens (including phenoxy) is 1. The maximum absolute atomic E-state index is 13.6. The Morgan fingerprint density at radius 1 is 0.925 bits per heavy atom. The normalized spacial score (nSPS) is 13.7. The van der Waals surface area contributed by atoms with Crippen molar-refractivity contribution in [2.24, 2.45) is 0 Å². The second-order valence-corrected chi connectivity index (χ2v) is 10.7. The smallest absolute Gasteiger partial charge is 0.265 e. The van der Waals surface area contributed by atoms with Crippen molar-refractivity contribution in [3.05, 3.63) is 130 Å². The maximum Gasteiger partial charge on any atom is 0.265 e. The molecule has 0 aliphatic carbocycles. The second-order valence-electron chi connectivity index (χ2n) is 9.66. The average Bonchev–Trinajstić information content (AvgIpc) is 2.97. The number of nitrogens with one attached hydrogen (secondary N) is 1. The zero-order valence-electron chi connectivity index (χ0n) is 22.7. The van der Waals surface area contributed by atoms with Crippen molar-refractivity contribution in [3.63, 3.8) is 0 Å². The Kier molecular flexibility index (Phi) is 8.67. The fraction of sp³-hybridized carbons (Fsp3) is 0.176. The molecule has 5 nitrogen and oxygen atoms in total. The zero-order chi connectivity index (χ0) is 27.9. The summed E-state index contributed by atoms with van der Waals surface area (Å²) in [5, 5.41) is 2.99. The highest BCUT2D eigenvalue weighted by Crippen LogP contribution is 2.42. The molecular weight excluding hydrogens is 516 g/mol. The Hall–Kier alpha value is -4.29. The van der Waals surface area contributed by atoms with Gasteiger partial charge in [-0.15, -0.1) is 0 Å². The Balaban J connectivity index is 1.25. The number of hydrogen-bond acceptors (Lipinski definition) is 4. The quantitative estimate of drug-likeness (QED) is 0.228. The number of carbonyl (C=O) groups is 2. The third-order valence-corrected chi connectivity index (χ3v) is 7.74. The van der Waals surface area contributed by atoms with Crippen LogP contribution in [-0.4, -0.2) is 25.0 Å². The van der Waals surface area contributed by atoms with Gasteiger partial charge in [-0.05, 0) is 79.4 Å². The third kappa shape index (κ3) is 6.64. The summed E-state index contributed by atoms with van der Waals surface area (Å²) in [6, 6.07) is 31.5. The Bertz CT molecular complexity index is 1530. The Labute approximate surface area is 239 Å². The maximum atomic E-state index is 13.6. The summed E-state index contributed by atoms with van der Waals surface area (Å²) in [7, 11) is 0. The number of nitrogens with zero attached hydrogens (tertiary/aromatic N) is 1. The van der Waals surface area contributed by atoms with E-state index in [0.717, 1.165) is 39.4 Å². The lowest BCUT2D eigenvalue weighted by atomic mass is 10.1. The molecule has 0 radical (unpaired) electrons. The topological polar surface area (TPSA) is 58.6 Å². The van der Waals surface area contributed by atoms with E-state index in [9.17, 15) is 9.59 Å². The van der Waals surface area contributed by atoms with Crippen molar-refractivity contribution in [1.29, 1.82) is 0 Å². The van der Waals surface area contributed by atoms with Crippen LogP contribution in [0.15, 0.2) is 107 Å². The van der Waals surface area contributed by atoms with Gasteiger partial charge in [-0.2, -0.15) is 0 Å². The molecule has 4 aromatic rings. The summed E-state index contributed by atoms with van der Waals surface area (Å²) in [5.41, 5.74) is 5.78. The fourth-order valence-corrected chi connectivity index (χ4v) is 5.69. The highest BCUT2D eigenvalue weighted by molar-refractivity contribution is 8.04. The molecule has 1 aliphatic heterocycles. The molecule has 0 saturated heterocycles. The molecule has 5 rings (SSSR count). The van der Waals surface area contributed by atoms with E-state index in [1.807, 2.05) is 84.6 Å². The first-order chi connectivity index (χ1) is 19.5. The van der Waals surface area contributed by atoms with Crippen molar-refractivity contribution in [1.82, 2.24) is 5.32 Å². The molecule has 0 fully saturated rings. The van der Waals surface area contributed by atoms with Crippen LogP contribution in [0.5, 0.6) is 5.75 Å². The molecule has 0 saturated carbocycles. The number of anilines is 1. The van der Waals surface area contributed by atoms with E-state index in [2.05, 4.69) is 30.4 Å². The number of hydrogen-bond donors (Lipinski definition) is 1. The molecule has 0 aromatic heterocycles. The highest BCUT2D eigenvalue weighted by Gasteiger charge is 2.29. The summed E-state index contributed by atoms with van der Waals surface area (Å²) in [6.07, 6.45) is 2.64. The van der Waals surface area contributed by atoms with Crippen LogP contribution in [0.25, 0.3) is 6.08 Å². The molecule has 0 spiro atoms. The molecular formula is C34H32N2O3S. The van der Waals surface area contributed by atoms with Crippen LogP contribution in [-0.2, 0) is 17.8 Å². The van der Waals surface area contributed by atoms with Crippen molar-refractivity contribution in [3.8, 4) is 5.75 Å². The largest absolute Gasteiger partial charge is 0.494 e. The van der Waals surface area contributed by atoms with Gasteiger partial charge in [0.05, 0.1) is 23.7 Å². The second kappa shape index (κ2) is 12.7. The summed E-state index contributed by atoms with van der Waals surface area (Å²) in [4.78, 5) is 29.8. The van der Waals surface area contributed by atoms with E-state index in [1.165, 1.54) is 17.3 Å². The highest BCUT2D eigenvalue weighted by atomic mass is 32.2. The van der Waals surface area contributed by atoms with E-state index >= 15 is 0 Å². The van der Waals surface area contributed by atoms with Gasteiger partial charge in [0.1, 0.15) is 5.75 Å². The van der Waals surface area contributed by atoms with Gasteiger partial charge in [-0.1, -0.05) is 78.0 Å². The number of carbonyl (C=O) groups excluding carboxylic acids is 2. The zero-order valence-corrected chi connectivity index (χ0v) is 23.5. The minimum absolute atomic E-state index is 0.0266. The van der Waals surface area contributed by atoms with Crippen LogP contribution >= 0.6 is 11.8 Å². The molecule has 6 heteroatoms. The molecule has 202 valence electrons. The predicted molar refractivity (Wildman–Crippen MR) is 163 cm³/mol. The van der Waals surface area contributed by atoms with E-state index in [-0.39, 0.29) is 11.8 Å². The molecule has 1 heterocycles. The molecule has 1 N–H and O–H groups in total. The lowest BCUT2D eigenvalue weighted by molar-refractivity contribution is -0.114. The number of benzene rings is 4. The van der Waals surface area contributed by atoms with Crippen LogP contribution in [0.3, 0.4) is 0 Å². The summed E-state index contributed by atoms with van der Waals surface area (Å²) < 4.78 is 5.48. The van der Waals surface area contributed by atoms with Gasteiger partial charge in [0.2, 0.25) is 0 Å². The molecule has 0 bridgehead atoms. The number of aryl methyl sites for hydroxylation is 1. The standard InChI is InChI=1S/C34H32N2O3S/c1-3-39-29-17-13-25(14-18-29)19-20-35-33(37)28-15-11-26(12-16-28)22-32-34(38)36(23-27-8-6-7-24(2)21-27)30-9-4-5-10-31(30)40-32/h4-18,21-22H,3,19-20,23H2,1-2H3,(H,35,37)/b32-22+. The SMILES string of the molecule is CCOc1ccc(CCNC(=O)c2ccc(/C=C3/Sc4ccccc4N(Cc4cccc(C)c4)C3=O)cc2)cc1. The van der Waals surface area contributed by atoms with Crippen molar-refractivity contribution in [2.45, 2.75) is 31.7 Å². The average molecular weight is 549 g/mol. The number of amides is 2. The minimum Gasteiger partial charge on any atom is -0.494 e. The molecule has 1 aliphatic rings. The van der Waals surface area contributed by atoms with Gasteiger partial charge in [-0.3, -0.25) is 9.59 Å². The van der Waals surface area contributed by atoms with Gasteiger partial charge < -0.3 is 15.0 Å². The molecule has 0 unspecified atom stereocenters. The predicted octanol–water partition coefficient (Wildman–Crippen LogP) is 7.05. The molecule has 40 heavy (non-hydrogen) atoms. The van der Waals surface area contributed by atoms with E-state index in [1.54, 1.807) is 12.1 Å². The van der Waals surface area contributed by atoms with Crippen molar-refractivity contribution < 1.29 is 14.3 Å². The summed E-state index contributed by atoms with van der Waals surface area (Å²) >= 11 is 1.48. The molecule has 4 aromatic carbocycles. The van der Waals surface area contributed by atoms with Crippen LogP contribution in [0.2, 0.25) is 0 Å². The lowest BCUT2D eigenvalue weighted by Crippen LogP contribution is -2.33. The summed E-state index contributed by atoms with van der Waals surface area (Å²) in [5.74, 6) is 0.703. The van der Waals surface area contributed by atoms with E-state index in [4.69, 9.17) is 4.74 Å². The monoisotopic (exact) mass is 548 g/mol. The number of rotatable bonds is 9. The van der Waals surface area contributed by atoms with Crippen LogP contribution in [0, 0.1) is 6.92 Å². The Morgan fingerprint density at radius 2 is 1.70 bits per heavy atom. The van der Waals surface area contributed by atoms with Crippen LogP contribution in [0.4, 0.5) is 5.69 Å². The minimum atomic E-state index is -0.119. The first-order valence-corrected chi connectivity index (χ1v) is 14.3. The van der Waals surface area contributed by atoms with Gasteiger partial charge in [-0.25, -0.2) is 0 Å². The third-order valence-electron chi connectivity index (χ3n) is 6.66. The molecule has 0 atom stereocenters.